The van der Waals surface area contributed by atoms with E-state index in [1.165, 1.54) is 0 Å². The van der Waals surface area contributed by atoms with Gasteiger partial charge in [-0.25, -0.2) is 0 Å². The SMILES string of the molecule is Cc1ccc(C)c(C(=O)N2CC[C@@]34OC[C@@H](C(C)C)N3C(=O)C[C@@H]24)c1. The van der Waals surface area contributed by atoms with Crippen molar-refractivity contribution in [3.8, 4) is 0 Å². The topological polar surface area (TPSA) is 49.9 Å². The first-order chi connectivity index (χ1) is 11.8. The Balaban J connectivity index is 1.66. The predicted octanol–water partition coefficient (Wildman–Crippen LogP) is 2.50. The third-order valence-electron chi connectivity index (χ3n) is 6.14. The Kier molecular flexibility index (Phi) is 3.69. The lowest BCUT2D eigenvalue weighted by atomic mass is 10.0. The molecule has 4 rings (SSSR count). The number of hydrogen-bond acceptors (Lipinski definition) is 3. The number of ether oxygens (including phenoxy) is 1. The Hall–Kier alpha value is -1.88. The van der Waals surface area contributed by atoms with Crippen LogP contribution in [0.2, 0.25) is 0 Å². The second-order valence-corrected chi connectivity index (χ2v) is 8.02. The zero-order valence-corrected chi connectivity index (χ0v) is 15.4. The van der Waals surface area contributed by atoms with Gasteiger partial charge in [-0.2, -0.15) is 0 Å². The van der Waals surface area contributed by atoms with Crippen molar-refractivity contribution in [2.75, 3.05) is 13.2 Å². The van der Waals surface area contributed by atoms with Crippen LogP contribution in [0.25, 0.3) is 0 Å². The van der Waals surface area contributed by atoms with Crippen LogP contribution in [-0.4, -0.2) is 52.6 Å². The molecule has 0 saturated carbocycles. The van der Waals surface area contributed by atoms with E-state index < -0.39 is 5.72 Å². The monoisotopic (exact) mass is 342 g/mol. The van der Waals surface area contributed by atoms with Crippen molar-refractivity contribution in [3.05, 3.63) is 34.9 Å². The predicted molar refractivity (Wildman–Crippen MR) is 94.1 cm³/mol. The fourth-order valence-corrected chi connectivity index (χ4v) is 4.73. The molecule has 0 aliphatic carbocycles. The van der Waals surface area contributed by atoms with Crippen LogP contribution < -0.4 is 0 Å². The Bertz CT molecular complexity index is 744. The van der Waals surface area contributed by atoms with E-state index >= 15 is 0 Å². The number of aryl methyl sites for hydroxylation is 2. The molecule has 3 atom stereocenters. The highest BCUT2D eigenvalue weighted by molar-refractivity contribution is 5.97. The van der Waals surface area contributed by atoms with Gasteiger partial charge in [-0.15, -0.1) is 0 Å². The van der Waals surface area contributed by atoms with Gasteiger partial charge in [0.15, 0.2) is 5.72 Å². The van der Waals surface area contributed by atoms with E-state index in [1.54, 1.807) is 0 Å². The summed E-state index contributed by atoms with van der Waals surface area (Å²) in [5, 5.41) is 0. The van der Waals surface area contributed by atoms with Crippen LogP contribution in [0.1, 0.15) is 48.2 Å². The molecular weight excluding hydrogens is 316 g/mol. The molecule has 2 amide bonds. The summed E-state index contributed by atoms with van der Waals surface area (Å²) < 4.78 is 6.21. The molecule has 3 saturated heterocycles. The van der Waals surface area contributed by atoms with Gasteiger partial charge in [-0.05, 0) is 31.4 Å². The van der Waals surface area contributed by atoms with Crippen LogP contribution >= 0.6 is 0 Å². The van der Waals surface area contributed by atoms with Gasteiger partial charge in [0.25, 0.3) is 5.91 Å². The Labute approximate surface area is 148 Å². The van der Waals surface area contributed by atoms with E-state index in [0.717, 1.165) is 16.7 Å². The molecule has 3 heterocycles. The van der Waals surface area contributed by atoms with Gasteiger partial charge < -0.3 is 14.5 Å². The van der Waals surface area contributed by atoms with Gasteiger partial charge in [0.2, 0.25) is 5.91 Å². The number of hydrogen-bond donors (Lipinski definition) is 0. The van der Waals surface area contributed by atoms with Crippen molar-refractivity contribution in [1.82, 2.24) is 9.80 Å². The average Bonchev–Trinajstić information content (AvgIpc) is 3.18. The molecule has 3 aliphatic rings. The molecule has 0 radical (unpaired) electrons. The molecule has 134 valence electrons. The summed E-state index contributed by atoms with van der Waals surface area (Å²) in [4.78, 5) is 29.8. The summed E-state index contributed by atoms with van der Waals surface area (Å²) >= 11 is 0. The van der Waals surface area contributed by atoms with Gasteiger partial charge in [-0.3, -0.25) is 9.59 Å². The largest absolute Gasteiger partial charge is 0.351 e. The van der Waals surface area contributed by atoms with Crippen LogP contribution in [0.15, 0.2) is 18.2 Å². The minimum atomic E-state index is -0.598. The van der Waals surface area contributed by atoms with Gasteiger partial charge in [-0.1, -0.05) is 31.5 Å². The third-order valence-corrected chi connectivity index (χ3v) is 6.14. The molecular formula is C20H26N2O3. The van der Waals surface area contributed by atoms with Crippen molar-refractivity contribution in [1.29, 1.82) is 0 Å². The Morgan fingerprint density at radius 2 is 2.08 bits per heavy atom. The number of carbonyl (C=O) groups excluding carboxylic acids is 2. The molecule has 0 aromatic heterocycles. The van der Waals surface area contributed by atoms with Crippen molar-refractivity contribution >= 4 is 11.8 Å². The van der Waals surface area contributed by atoms with Crippen LogP contribution in [-0.2, 0) is 9.53 Å². The number of rotatable bonds is 2. The smallest absolute Gasteiger partial charge is 0.254 e. The summed E-state index contributed by atoms with van der Waals surface area (Å²) in [6, 6.07) is 5.90. The third kappa shape index (κ3) is 2.25. The lowest BCUT2D eigenvalue weighted by Crippen LogP contribution is -2.51. The summed E-state index contributed by atoms with van der Waals surface area (Å²) in [5.41, 5.74) is 2.19. The van der Waals surface area contributed by atoms with Crippen molar-refractivity contribution in [3.63, 3.8) is 0 Å². The second kappa shape index (κ2) is 5.56. The molecule has 25 heavy (non-hydrogen) atoms. The number of carbonyl (C=O) groups is 2. The molecule has 5 nitrogen and oxygen atoms in total. The lowest BCUT2D eigenvalue weighted by Gasteiger charge is -2.34. The quantitative estimate of drug-likeness (QED) is 0.830. The van der Waals surface area contributed by atoms with Gasteiger partial charge in [0, 0.05) is 18.5 Å². The maximum absolute atomic E-state index is 13.2. The molecule has 3 fully saturated rings. The Morgan fingerprint density at radius 1 is 1.32 bits per heavy atom. The van der Waals surface area contributed by atoms with Gasteiger partial charge in [0.05, 0.1) is 25.1 Å². The molecule has 1 spiro atoms. The highest BCUT2D eigenvalue weighted by atomic mass is 16.5. The Morgan fingerprint density at radius 3 is 2.80 bits per heavy atom. The van der Waals surface area contributed by atoms with E-state index in [1.807, 2.05) is 41.8 Å². The van der Waals surface area contributed by atoms with Gasteiger partial charge >= 0.3 is 0 Å². The molecule has 0 N–H and O–H groups in total. The van der Waals surface area contributed by atoms with Gasteiger partial charge in [0.1, 0.15) is 0 Å². The lowest BCUT2D eigenvalue weighted by molar-refractivity contribution is -0.139. The molecule has 0 unspecified atom stereocenters. The van der Waals surface area contributed by atoms with Crippen LogP contribution in [0.3, 0.4) is 0 Å². The van der Waals surface area contributed by atoms with Crippen molar-refractivity contribution in [2.45, 2.75) is 58.3 Å². The van der Waals surface area contributed by atoms with E-state index in [-0.39, 0.29) is 23.9 Å². The van der Waals surface area contributed by atoms with Crippen LogP contribution in [0, 0.1) is 19.8 Å². The van der Waals surface area contributed by atoms with E-state index in [9.17, 15) is 9.59 Å². The molecule has 1 aromatic carbocycles. The van der Waals surface area contributed by atoms with E-state index in [0.29, 0.717) is 31.9 Å². The number of nitrogens with zero attached hydrogens (tertiary/aromatic N) is 2. The number of amides is 2. The first kappa shape index (κ1) is 16.6. The number of likely N-dealkylation sites (tertiary alicyclic amines) is 1. The highest BCUT2D eigenvalue weighted by Gasteiger charge is 2.65. The first-order valence-corrected chi connectivity index (χ1v) is 9.19. The summed E-state index contributed by atoms with van der Waals surface area (Å²) in [6.45, 7) is 9.43. The first-order valence-electron chi connectivity index (χ1n) is 9.19. The number of benzene rings is 1. The standard InChI is InChI=1S/C20H26N2O3/c1-12(2)16-11-25-20-7-8-21(17(20)10-18(23)22(16)20)19(24)15-9-13(3)5-6-14(15)4/h5-6,9,12,16-17H,7-8,10-11H2,1-4H3/t16-,17+,20-/m0/s1. The minimum absolute atomic E-state index is 0.0225. The van der Waals surface area contributed by atoms with Crippen molar-refractivity contribution < 1.29 is 14.3 Å². The summed E-state index contributed by atoms with van der Waals surface area (Å²) in [7, 11) is 0. The van der Waals surface area contributed by atoms with Crippen LogP contribution in [0.4, 0.5) is 0 Å². The fourth-order valence-electron chi connectivity index (χ4n) is 4.73. The molecule has 0 bridgehead atoms. The normalized spacial score (nSPS) is 31.0. The maximum atomic E-state index is 13.2. The minimum Gasteiger partial charge on any atom is -0.351 e. The molecule has 5 heteroatoms. The zero-order chi connectivity index (χ0) is 17.9. The summed E-state index contributed by atoms with van der Waals surface area (Å²) in [5.74, 6) is 0.500. The fraction of sp³-hybridized carbons (Fsp3) is 0.600. The van der Waals surface area contributed by atoms with E-state index in [2.05, 4.69) is 13.8 Å². The maximum Gasteiger partial charge on any atom is 0.254 e. The molecule has 1 aromatic rings. The summed E-state index contributed by atoms with van der Waals surface area (Å²) in [6.07, 6.45) is 1.09. The molecule has 3 aliphatic heterocycles. The average molecular weight is 342 g/mol. The second-order valence-electron chi connectivity index (χ2n) is 8.02. The van der Waals surface area contributed by atoms with Crippen LogP contribution in [0.5, 0.6) is 0 Å². The zero-order valence-electron chi connectivity index (χ0n) is 15.4. The van der Waals surface area contributed by atoms with Crippen molar-refractivity contribution in [2.24, 2.45) is 5.92 Å². The highest BCUT2D eigenvalue weighted by Crippen LogP contribution is 2.49. The van der Waals surface area contributed by atoms with E-state index in [4.69, 9.17) is 4.74 Å².